The van der Waals surface area contributed by atoms with E-state index in [9.17, 15) is 9.18 Å². The number of fused-ring (bicyclic) bond motifs is 2. The molecule has 1 saturated carbocycles. The van der Waals surface area contributed by atoms with Crippen LogP contribution in [-0.2, 0) is 9.53 Å². The van der Waals surface area contributed by atoms with Gasteiger partial charge < -0.3 is 15.0 Å². The van der Waals surface area contributed by atoms with E-state index in [0.29, 0.717) is 19.4 Å². The first-order valence-electron chi connectivity index (χ1n) is 11.7. The molecular formula is C24H32FN3O2S. The van der Waals surface area contributed by atoms with Crippen molar-refractivity contribution in [2.24, 2.45) is 5.92 Å². The highest BCUT2D eigenvalue weighted by atomic mass is 32.1. The maximum atomic E-state index is 14.5. The lowest BCUT2D eigenvalue weighted by Crippen LogP contribution is -2.55. The molecule has 0 radical (unpaired) electrons. The molecule has 4 unspecified atom stereocenters. The minimum Gasteiger partial charge on any atom is -0.378 e. The molecule has 5 rings (SSSR count). The molecular weight excluding hydrogens is 413 g/mol. The smallest absolute Gasteiger partial charge is 0.220 e. The summed E-state index contributed by atoms with van der Waals surface area (Å²) < 4.78 is 21.9. The first kappa shape index (κ1) is 21.2. The Labute approximate surface area is 187 Å². The van der Waals surface area contributed by atoms with Crippen molar-refractivity contribution in [3.8, 4) is 0 Å². The minimum atomic E-state index is -0.978. The largest absolute Gasteiger partial charge is 0.378 e. The molecule has 5 nitrogen and oxygen atoms in total. The summed E-state index contributed by atoms with van der Waals surface area (Å²) in [5, 5.41) is 6.38. The number of piperidine rings is 1. The minimum absolute atomic E-state index is 0.00429. The van der Waals surface area contributed by atoms with Crippen LogP contribution in [0.5, 0.6) is 0 Å². The standard InChI is InChI=1S/C24H32FN3O2S/c25-20-16-18(15-17-5-6-23(29)26-24(17)20)30-13-2-8-27-9-11-28(12-10-27)21-3-1-4-22-19(21)7-14-31-22/h1,3-4,7,14,17-18,20,24H,2,5-6,8-13,15-16H2,(H,26,29). The average molecular weight is 446 g/mol. The summed E-state index contributed by atoms with van der Waals surface area (Å²) in [6.07, 6.45) is 2.60. The van der Waals surface area contributed by atoms with Gasteiger partial charge in [-0.1, -0.05) is 6.07 Å². The van der Waals surface area contributed by atoms with Gasteiger partial charge in [0.15, 0.2) is 0 Å². The molecule has 31 heavy (non-hydrogen) atoms. The molecule has 3 heterocycles. The number of benzene rings is 1. The molecule has 1 aromatic carbocycles. The maximum Gasteiger partial charge on any atom is 0.220 e. The number of hydrogen-bond donors (Lipinski definition) is 1. The molecule has 0 spiro atoms. The molecule has 2 saturated heterocycles. The van der Waals surface area contributed by atoms with Crippen LogP contribution < -0.4 is 10.2 Å². The molecule has 1 aromatic heterocycles. The lowest BCUT2D eigenvalue weighted by molar-refractivity contribution is -0.128. The number of nitrogens with one attached hydrogen (secondary N) is 1. The Kier molecular flexibility index (Phi) is 6.44. The Morgan fingerprint density at radius 1 is 1.16 bits per heavy atom. The summed E-state index contributed by atoms with van der Waals surface area (Å²) in [5.74, 6) is 0.225. The SMILES string of the molecule is O=C1CCC2CC(OCCCN3CCN(c4cccc5sccc45)CC3)CC(F)C2N1. The van der Waals surface area contributed by atoms with Crippen molar-refractivity contribution in [1.82, 2.24) is 10.2 Å². The zero-order valence-electron chi connectivity index (χ0n) is 18.0. The van der Waals surface area contributed by atoms with E-state index in [1.165, 1.54) is 15.8 Å². The molecule has 0 bridgehead atoms. The van der Waals surface area contributed by atoms with Crippen LogP contribution >= 0.6 is 11.3 Å². The van der Waals surface area contributed by atoms with Gasteiger partial charge in [-0.3, -0.25) is 9.69 Å². The molecule has 3 aliphatic rings. The Hall–Kier alpha value is -1.70. The third-order valence-corrected chi connectivity index (χ3v) is 8.06. The summed E-state index contributed by atoms with van der Waals surface area (Å²) in [7, 11) is 0. The molecule has 2 aromatic rings. The van der Waals surface area contributed by atoms with Crippen LogP contribution in [0.2, 0.25) is 0 Å². The van der Waals surface area contributed by atoms with E-state index in [2.05, 4.69) is 44.8 Å². The van der Waals surface area contributed by atoms with Crippen molar-refractivity contribution in [1.29, 1.82) is 0 Å². The number of halogens is 1. The van der Waals surface area contributed by atoms with Crippen molar-refractivity contribution in [2.75, 3.05) is 44.2 Å². The second-order valence-electron chi connectivity index (χ2n) is 9.16. The van der Waals surface area contributed by atoms with Crippen LogP contribution in [-0.4, -0.2) is 68.5 Å². The average Bonchev–Trinajstić information content (AvgIpc) is 3.27. The fraction of sp³-hybridized carbons (Fsp3) is 0.625. The van der Waals surface area contributed by atoms with E-state index in [4.69, 9.17) is 4.74 Å². The normalized spacial score (nSPS) is 29.7. The lowest BCUT2D eigenvalue weighted by atomic mass is 9.77. The highest BCUT2D eigenvalue weighted by Gasteiger charge is 2.41. The number of carbonyl (C=O) groups is 1. The monoisotopic (exact) mass is 445 g/mol. The zero-order valence-corrected chi connectivity index (χ0v) is 18.8. The highest BCUT2D eigenvalue weighted by molar-refractivity contribution is 7.17. The van der Waals surface area contributed by atoms with Crippen LogP contribution in [0.4, 0.5) is 10.1 Å². The lowest BCUT2D eigenvalue weighted by Gasteiger charge is -2.41. The topological polar surface area (TPSA) is 44.8 Å². The number of anilines is 1. The Bertz CT molecular complexity index is 898. The van der Waals surface area contributed by atoms with E-state index >= 15 is 0 Å². The maximum absolute atomic E-state index is 14.5. The van der Waals surface area contributed by atoms with Crippen LogP contribution in [0.1, 0.15) is 32.1 Å². The number of nitrogens with zero attached hydrogens (tertiary/aromatic N) is 2. The van der Waals surface area contributed by atoms with E-state index in [1.807, 2.05) is 0 Å². The van der Waals surface area contributed by atoms with E-state index in [0.717, 1.165) is 52.0 Å². The molecule has 3 fully saturated rings. The quantitative estimate of drug-likeness (QED) is 0.687. The summed E-state index contributed by atoms with van der Waals surface area (Å²) in [5.41, 5.74) is 1.36. The van der Waals surface area contributed by atoms with Crippen molar-refractivity contribution in [2.45, 2.75) is 50.4 Å². The fourth-order valence-electron chi connectivity index (χ4n) is 5.49. The van der Waals surface area contributed by atoms with Gasteiger partial charge in [-0.2, -0.15) is 0 Å². The van der Waals surface area contributed by atoms with Crippen molar-refractivity contribution < 1.29 is 13.9 Å². The highest BCUT2D eigenvalue weighted by Crippen LogP contribution is 2.34. The Morgan fingerprint density at radius 2 is 2.03 bits per heavy atom. The second-order valence-corrected chi connectivity index (χ2v) is 10.1. The van der Waals surface area contributed by atoms with Crippen molar-refractivity contribution in [3.63, 3.8) is 0 Å². The van der Waals surface area contributed by atoms with Gasteiger partial charge in [0.2, 0.25) is 5.91 Å². The second kappa shape index (κ2) is 9.43. The number of thiophene rings is 1. The number of carbonyl (C=O) groups excluding carboxylic acids is 1. The first-order valence-corrected chi connectivity index (χ1v) is 12.5. The predicted octanol–water partition coefficient (Wildman–Crippen LogP) is 3.83. The fourth-order valence-corrected chi connectivity index (χ4v) is 6.30. The number of ether oxygens (including phenoxy) is 1. The third-order valence-electron chi connectivity index (χ3n) is 7.18. The molecule has 4 atom stereocenters. The van der Waals surface area contributed by atoms with Crippen LogP contribution in [0.15, 0.2) is 29.6 Å². The van der Waals surface area contributed by atoms with Gasteiger partial charge in [0, 0.05) is 67.9 Å². The van der Waals surface area contributed by atoms with E-state index < -0.39 is 6.17 Å². The van der Waals surface area contributed by atoms with Gasteiger partial charge in [0.25, 0.3) is 0 Å². The molecule has 1 amide bonds. The van der Waals surface area contributed by atoms with Gasteiger partial charge in [0.1, 0.15) is 6.17 Å². The first-order chi connectivity index (χ1) is 15.2. The van der Waals surface area contributed by atoms with E-state index in [-0.39, 0.29) is 24.0 Å². The Morgan fingerprint density at radius 3 is 2.90 bits per heavy atom. The van der Waals surface area contributed by atoms with Gasteiger partial charge >= 0.3 is 0 Å². The van der Waals surface area contributed by atoms with Crippen molar-refractivity contribution >= 4 is 33.0 Å². The number of rotatable bonds is 6. The zero-order chi connectivity index (χ0) is 21.2. The van der Waals surface area contributed by atoms with Crippen molar-refractivity contribution in [3.05, 3.63) is 29.6 Å². The third kappa shape index (κ3) is 4.73. The van der Waals surface area contributed by atoms with Gasteiger partial charge in [-0.15, -0.1) is 11.3 Å². The van der Waals surface area contributed by atoms with Gasteiger partial charge in [-0.05, 0) is 48.8 Å². The summed E-state index contributed by atoms with van der Waals surface area (Å²) in [6.45, 7) is 5.97. The van der Waals surface area contributed by atoms with Crippen LogP contribution in [0.25, 0.3) is 10.1 Å². The van der Waals surface area contributed by atoms with Gasteiger partial charge in [-0.25, -0.2) is 4.39 Å². The molecule has 1 N–H and O–H groups in total. The van der Waals surface area contributed by atoms with Crippen LogP contribution in [0.3, 0.4) is 0 Å². The van der Waals surface area contributed by atoms with Gasteiger partial charge in [0.05, 0.1) is 12.1 Å². The summed E-state index contributed by atoms with van der Waals surface area (Å²) >= 11 is 1.80. The molecule has 2 aliphatic heterocycles. The molecule has 1 aliphatic carbocycles. The number of alkyl halides is 1. The van der Waals surface area contributed by atoms with Crippen LogP contribution in [0, 0.1) is 5.92 Å². The Balaban J connectivity index is 1.03. The summed E-state index contributed by atoms with van der Waals surface area (Å²) in [4.78, 5) is 16.6. The molecule has 168 valence electrons. The predicted molar refractivity (Wildman–Crippen MR) is 124 cm³/mol. The number of amides is 1. The number of piperazine rings is 1. The summed E-state index contributed by atoms with van der Waals surface area (Å²) in [6, 6.07) is 8.53. The van der Waals surface area contributed by atoms with E-state index in [1.54, 1.807) is 11.3 Å². The molecule has 7 heteroatoms. The number of hydrogen-bond acceptors (Lipinski definition) is 5.